The van der Waals surface area contributed by atoms with Crippen molar-refractivity contribution in [2.24, 2.45) is 0 Å². The molecule has 0 saturated heterocycles. The quantitative estimate of drug-likeness (QED) is 0.679. The van der Waals surface area contributed by atoms with E-state index < -0.39 is 6.04 Å². The van der Waals surface area contributed by atoms with Crippen LogP contribution in [0.25, 0.3) is 0 Å². The number of nitrogens with zero attached hydrogens (tertiary/aromatic N) is 2. The third-order valence-corrected chi connectivity index (χ3v) is 4.14. The number of nitriles is 1. The molecule has 1 atom stereocenters. The van der Waals surface area contributed by atoms with Gasteiger partial charge in [0.15, 0.2) is 0 Å². The van der Waals surface area contributed by atoms with E-state index in [0.29, 0.717) is 17.9 Å². The molecular weight excluding hydrogens is 336 g/mol. The summed E-state index contributed by atoms with van der Waals surface area (Å²) < 4.78 is 0. The van der Waals surface area contributed by atoms with Gasteiger partial charge in [-0.25, -0.2) is 4.98 Å². The molecule has 3 rings (SSSR count). The topological polar surface area (TPSA) is 77.8 Å². The van der Waals surface area contributed by atoms with Gasteiger partial charge in [0.25, 0.3) is 0 Å². The predicted octanol–water partition coefficient (Wildman–Crippen LogP) is 3.47. The Morgan fingerprint density at radius 3 is 2.33 bits per heavy atom. The molecule has 1 amide bonds. The fraction of sp³-hybridized carbons (Fsp3) is 0.136. The Bertz CT molecular complexity index is 903. The van der Waals surface area contributed by atoms with Gasteiger partial charge in [0.05, 0.1) is 5.56 Å². The minimum atomic E-state index is -0.567. The third-order valence-electron chi connectivity index (χ3n) is 4.14. The van der Waals surface area contributed by atoms with E-state index in [0.717, 1.165) is 12.0 Å². The number of carbonyl (C=O) groups excluding carboxylic acids is 1. The summed E-state index contributed by atoms with van der Waals surface area (Å²) in [4.78, 5) is 17.0. The standard InChI is InChI=1S/C22H20N4O/c23-15-18-11-12-20(25-16-18)26-21(19-9-5-2-6-10-19)22(27)24-14-13-17-7-3-1-4-8-17/h1-12,16,21H,13-14H2,(H,24,27)(H,25,26). The second-order valence-corrected chi connectivity index (χ2v) is 6.06. The largest absolute Gasteiger partial charge is 0.355 e. The van der Waals surface area contributed by atoms with Gasteiger partial charge in [-0.15, -0.1) is 0 Å². The van der Waals surface area contributed by atoms with Crippen LogP contribution in [-0.2, 0) is 11.2 Å². The molecule has 0 spiro atoms. The van der Waals surface area contributed by atoms with Gasteiger partial charge < -0.3 is 10.6 Å². The van der Waals surface area contributed by atoms with Gasteiger partial charge in [0.1, 0.15) is 17.9 Å². The highest BCUT2D eigenvalue weighted by atomic mass is 16.2. The predicted molar refractivity (Wildman–Crippen MR) is 105 cm³/mol. The molecule has 1 heterocycles. The van der Waals surface area contributed by atoms with Gasteiger partial charge in [0, 0.05) is 12.7 Å². The summed E-state index contributed by atoms with van der Waals surface area (Å²) in [6.45, 7) is 0.550. The van der Waals surface area contributed by atoms with Crippen molar-refractivity contribution in [1.29, 1.82) is 5.26 Å². The van der Waals surface area contributed by atoms with Crippen LogP contribution in [0.2, 0.25) is 0 Å². The van der Waals surface area contributed by atoms with Crippen molar-refractivity contribution in [3.8, 4) is 6.07 Å². The maximum atomic E-state index is 12.8. The number of nitrogens with one attached hydrogen (secondary N) is 2. The molecule has 2 N–H and O–H groups in total. The van der Waals surface area contributed by atoms with Gasteiger partial charge in [-0.3, -0.25) is 4.79 Å². The van der Waals surface area contributed by atoms with E-state index in [1.54, 1.807) is 12.1 Å². The number of anilines is 1. The lowest BCUT2D eigenvalue weighted by Gasteiger charge is -2.19. The van der Waals surface area contributed by atoms with Gasteiger partial charge in [-0.05, 0) is 29.7 Å². The van der Waals surface area contributed by atoms with Crippen LogP contribution in [0.15, 0.2) is 79.0 Å². The second-order valence-electron chi connectivity index (χ2n) is 6.06. The summed E-state index contributed by atoms with van der Waals surface area (Å²) in [7, 11) is 0. The highest BCUT2D eigenvalue weighted by Gasteiger charge is 2.20. The fourth-order valence-electron chi connectivity index (χ4n) is 2.72. The summed E-state index contributed by atoms with van der Waals surface area (Å²) in [6, 6.07) is 24.4. The van der Waals surface area contributed by atoms with E-state index in [-0.39, 0.29) is 5.91 Å². The molecule has 0 bridgehead atoms. The lowest BCUT2D eigenvalue weighted by atomic mass is 10.1. The zero-order valence-corrected chi connectivity index (χ0v) is 14.8. The maximum Gasteiger partial charge on any atom is 0.247 e. The molecule has 134 valence electrons. The number of aromatic nitrogens is 1. The third kappa shape index (κ3) is 5.16. The monoisotopic (exact) mass is 356 g/mol. The molecule has 0 fully saturated rings. The summed E-state index contributed by atoms with van der Waals surface area (Å²) in [5.41, 5.74) is 2.50. The van der Waals surface area contributed by atoms with Gasteiger partial charge in [-0.2, -0.15) is 5.26 Å². The Morgan fingerprint density at radius 1 is 1.00 bits per heavy atom. The number of rotatable bonds is 7. The van der Waals surface area contributed by atoms with E-state index in [4.69, 9.17) is 5.26 Å². The van der Waals surface area contributed by atoms with Crippen molar-refractivity contribution in [2.75, 3.05) is 11.9 Å². The molecule has 1 unspecified atom stereocenters. The first kappa shape index (κ1) is 18.2. The van der Waals surface area contributed by atoms with Crippen LogP contribution in [0.4, 0.5) is 5.82 Å². The smallest absolute Gasteiger partial charge is 0.247 e. The minimum Gasteiger partial charge on any atom is -0.355 e. The minimum absolute atomic E-state index is 0.122. The Labute approximate surface area is 158 Å². The second kappa shape index (κ2) is 9.16. The molecule has 2 aromatic carbocycles. The average molecular weight is 356 g/mol. The molecule has 0 aliphatic carbocycles. The van der Waals surface area contributed by atoms with E-state index in [9.17, 15) is 4.79 Å². The first-order valence-corrected chi connectivity index (χ1v) is 8.75. The number of benzene rings is 2. The maximum absolute atomic E-state index is 12.8. The molecular formula is C22H20N4O. The van der Waals surface area contributed by atoms with Crippen molar-refractivity contribution in [3.63, 3.8) is 0 Å². The highest BCUT2D eigenvalue weighted by molar-refractivity contribution is 5.85. The van der Waals surface area contributed by atoms with Crippen LogP contribution >= 0.6 is 0 Å². The lowest BCUT2D eigenvalue weighted by molar-refractivity contribution is -0.121. The molecule has 1 aromatic heterocycles. The van der Waals surface area contributed by atoms with Crippen molar-refractivity contribution in [2.45, 2.75) is 12.5 Å². The summed E-state index contributed by atoms with van der Waals surface area (Å²) >= 11 is 0. The lowest BCUT2D eigenvalue weighted by Crippen LogP contribution is -2.34. The number of pyridine rings is 1. The summed E-state index contributed by atoms with van der Waals surface area (Å²) in [6.07, 6.45) is 2.25. The number of amides is 1. The van der Waals surface area contributed by atoms with Gasteiger partial charge >= 0.3 is 0 Å². The van der Waals surface area contributed by atoms with E-state index >= 15 is 0 Å². The van der Waals surface area contributed by atoms with Crippen LogP contribution in [0, 0.1) is 11.3 Å². The van der Waals surface area contributed by atoms with Crippen molar-refractivity contribution in [1.82, 2.24) is 10.3 Å². The molecule has 0 aliphatic rings. The summed E-state index contributed by atoms with van der Waals surface area (Å²) in [5.74, 6) is 0.421. The molecule has 3 aromatic rings. The Morgan fingerprint density at radius 2 is 1.70 bits per heavy atom. The van der Waals surface area contributed by atoms with E-state index in [2.05, 4.69) is 15.6 Å². The molecule has 0 radical (unpaired) electrons. The zero-order chi connectivity index (χ0) is 18.9. The van der Waals surface area contributed by atoms with Crippen LogP contribution < -0.4 is 10.6 Å². The molecule has 0 saturated carbocycles. The van der Waals surface area contributed by atoms with Gasteiger partial charge in [-0.1, -0.05) is 60.7 Å². The normalized spacial score (nSPS) is 11.2. The van der Waals surface area contributed by atoms with Crippen molar-refractivity contribution < 1.29 is 4.79 Å². The molecule has 5 heteroatoms. The Kier molecular flexibility index (Phi) is 6.16. The van der Waals surface area contributed by atoms with Crippen LogP contribution in [0.3, 0.4) is 0 Å². The zero-order valence-electron chi connectivity index (χ0n) is 14.8. The van der Waals surface area contributed by atoms with Crippen LogP contribution in [-0.4, -0.2) is 17.4 Å². The van der Waals surface area contributed by atoms with Crippen LogP contribution in [0.1, 0.15) is 22.7 Å². The summed E-state index contributed by atoms with van der Waals surface area (Å²) in [5, 5.41) is 15.0. The number of carbonyl (C=O) groups is 1. The number of hydrogen-bond donors (Lipinski definition) is 2. The Hall–Kier alpha value is -3.65. The molecule has 0 aliphatic heterocycles. The Balaban J connectivity index is 1.69. The van der Waals surface area contributed by atoms with Crippen LogP contribution in [0.5, 0.6) is 0 Å². The molecule has 27 heavy (non-hydrogen) atoms. The highest BCUT2D eigenvalue weighted by Crippen LogP contribution is 2.18. The van der Waals surface area contributed by atoms with Crippen molar-refractivity contribution >= 4 is 11.7 Å². The first-order chi connectivity index (χ1) is 13.3. The van der Waals surface area contributed by atoms with E-state index in [1.165, 1.54) is 11.8 Å². The van der Waals surface area contributed by atoms with Gasteiger partial charge in [0.2, 0.25) is 5.91 Å². The average Bonchev–Trinajstić information content (AvgIpc) is 2.74. The molecule has 5 nitrogen and oxygen atoms in total. The van der Waals surface area contributed by atoms with Crippen molar-refractivity contribution in [3.05, 3.63) is 95.7 Å². The first-order valence-electron chi connectivity index (χ1n) is 8.75. The van der Waals surface area contributed by atoms with E-state index in [1.807, 2.05) is 66.7 Å². The SMILES string of the molecule is N#Cc1ccc(NC(C(=O)NCCc2ccccc2)c2ccccc2)nc1. The number of hydrogen-bond acceptors (Lipinski definition) is 4. The fourth-order valence-corrected chi connectivity index (χ4v) is 2.72.